The Balaban J connectivity index is 1.44. The highest BCUT2D eigenvalue weighted by atomic mass is 35.5. The molecule has 0 bridgehead atoms. The van der Waals surface area contributed by atoms with Gasteiger partial charge in [-0.25, -0.2) is 4.98 Å². The van der Waals surface area contributed by atoms with Gasteiger partial charge in [0.25, 0.3) is 5.56 Å². The molecule has 7 heteroatoms. The smallest absolute Gasteiger partial charge is 0.261 e. The van der Waals surface area contributed by atoms with Crippen LogP contribution in [0, 0.1) is 6.92 Å². The largest absolute Gasteiger partial charge is 0.368 e. The van der Waals surface area contributed by atoms with Gasteiger partial charge in [-0.3, -0.25) is 14.2 Å². The Morgan fingerprint density at radius 1 is 1.11 bits per heavy atom. The van der Waals surface area contributed by atoms with Gasteiger partial charge in [0, 0.05) is 36.9 Å². The summed E-state index contributed by atoms with van der Waals surface area (Å²) < 4.78 is 1.39. The Bertz CT molecular complexity index is 1090. The predicted molar refractivity (Wildman–Crippen MR) is 111 cm³/mol. The molecule has 4 rings (SSSR count). The van der Waals surface area contributed by atoms with Gasteiger partial charge < -0.3 is 9.80 Å². The van der Waals surface area contributed by atoms with Crippen LogP contribution in [-0.4, -0.2) is 46.5 Å². The SMILES string of the molecule is Cc1ccc(Cl)cc1N1CCN(C(=O)Cn2cnc3ccccc3c2=O)CC1. The van der Waals surface area contributed by atoms with Crippen molar-refractivity contribution in [2.75, 3.05) is 31.1 Å². The number of carbonyl (C=O) groups excluding carboxylic acids is 1. The summed E-state index contributed by atoms with van der Waals surface area (Å²) in [5, 5.41) is 1.24. The molecule has 144 valence electrons. The van der Waals surface area contributed by atoms with E-state index < -0.39 is 0 Å². The number of piperazine rings is 1. The summed E-state index contributed by atoms with van der Waals surface area (Å²) >= 11 is 6.13. The fourth-order valence-electron chi connectivity index (χ4n) is 3.58. The molecule has 0 spiro atoms. The van der Waals surface area contributed by atoms with Gasteiger partial charge in [0.2, 0.25) is 5.91 Å². The van der Waals surface area contributed by atoms with Crippen LogP contribution in [0.25, 0.3) is 10.9 Å². The number of para-hydroxylation sites is 1. The van der Waals surface area contributed by atoms with E-state index in [1.165, 1.54) is 10.9 Å². The molecule has 0 radical (unpaired) electrons. The first-order valence-corrected chi connectivity index (χ1v) is 9.64. The lowest BCUT2D eigenvalue weighted by Crippen LogP contribution is -2.50. The lowest BCUT2D eigenvalue weighted by Gasteiger charge is -2.37. The summed E-state index contributed by atoms with van der Waals surface area (Å²) in [6, 6.07) is 13.0. The highest BCUT2D eigenvalue weighted by Gasteiger charge is 2.22. The molecular weight excluding hydrogens is 376 g/mol. The number of amides is 1. The topological polar surface area (TPSA) is 58.4 Å². The van der Waals surface area contributed by atoms with E-state index in [1.807, 2.05) is 24.3 Å². The first-order chi connectivity index (χ1) is 13.5. The van der Waals surface area contributed by atoms with Crippen molar-refractivity contribution >= 4 is 34.1 Å². The molecule has 6 nitrogen and oxygen atoms in total. The molecule has 2 heterocycles. The van der Waals surface area contributed by atoms with E-state index in [1.54, 1.807) is 23.1 Å². The molecule has 1 aliphatic rings. The van der Waals surface area contributed by atoms with Crippen LogP contribution in [0.5, 0.6) is 0 Å². The maximum absolute atomic E-state index is 12.7. The van der Waals surface area contributed by atoms with Gasteiger partial charge in [0.1, 0.15) is 6.54 Å². The van der Waals surface area contributed by atoms with Gasteiger partial charge in [-0.1, -0.05) is 29.8 Å². The molecule has 1 saturated heterocycles. The molecular formula is C21H21ClN4O2. The standard InChI is InChI=1S/C21H21ClN4O2/c1-15-6-7-16(22)12-19(15)24-8-10-25(11-9-24)20(27)13-26-14-23-18-5-3-2-4-17(18)21(26)28/h2-7,12,14H,8-11,13H2,1H3. The number of aryl methyl sites for hydroxylation is 1. The summed E-state index contributed by atoms with van der Waals surface area (Å²) in [6.45, 7) is 4.76. The van der Waals surface area contributed by atoms with Gasteiger partial charge in [-0.2, -0.15) is 0 Å². The van der Waals surface area contributed by atoms with Crippen molar-refractivity contribution < 1.29 is 4.79 Å². The Hall–Kier alpha value is -2.86. The number of hydrogen-bond acceptors (Lipinski definition) is 4. The molecule has 0 N–H and O–H groups in total. The highest BCUT2D eigenvalue weighted by Crippen LogP contribution is 2.25. The minimum absolute atomic E-state index is 0.00681. The van der Waals surface area contributed by atoms with Gasteiger partial charge in [0.15, 0.2) is 0 Å². The van der Waals surface area contributed by atoms with Crippen molar-refractivity contribution in [1.82, 2.24) is 14.5 Å². The van der Waals surface area contributed by atoms with Crippen LogP contribution in [0.15, 0.2) is 53.6 Å². The van der Waals surface area contributed by atoms with Crippen molar-refractivity contribution in [2.45, 2.75) is 13.5 Å². The van der Waals surface area contributed by atoms with Gasteiger partial charge in [-0.05, 0) is 36.8 Å². The summed E-state index contributed by atoms with van der Waals surface area (Å²) in [6.07, 6.45) is 1.45. The predicted octanol–water partition coefficient (Wildman–Crippen LogP) is 2.71. The number of hydrogen-bond donors (Lipinski definition) is 0. The zero-order valence-corrected chi connectivity index (χ0v) is 16.4. The number of benzene rings is 2. The van der Waals surface area contributed by atoms with Crippen LogP contribution < -0.4 is 10.5 Å². The number of halogens is 1. The van der Waals surface area contributed by atoms with Crippen LogP contribution in [0.4, 0.5) is 5.69 Å². The lowest BCUT2D eigenvalue weighted by atomic mass is 10.1. The van der Waals surface area contributed by atoms with Crippen LogP contribution in [0.1, 0.15) is 5.56 Å². The third-order valence-electron chi connectivity index (χ3n) is 5.18. The number of carbonyl (C=O) groups is 1. The molecule has 1 fully saturated rings. The molecule has 2 aromatic carbocycles. The van der Waals surface area contributed by atoms with E-state index in [-0.39, 0.29) is 18.0 Å². The number of rotatable bonds is 3. The fourth-order valence-corrected chi connectivity index (χ4v) is 3.75. The Morgan fingerprint density at radius 3 is 2.64 bits per heavy atom. The second-order valence-electron chi connectivity index (χ2n) is 6.99. The summed E-state index contributed by atoms with van der Waals surface area (Å²) in [5.41, 5.74) is 2.72. The normalized spacial score (nSPS) is 14.5. The first kappa shape index (κ1) is 18.5. The Kier molecular flexibility index (Phi) is 5.05. The van der Waals surface area contributed by atoms with Crippen molar-refractivity contribution in [3.8, 4) is 0 Å². The lowest BCUT2D eigenvalue weighted by molar-refractivity contribution is -0.132. The highest BCUT2D eigenvalue weighted by molar-refractivity contribution is 6.30. The fraction of sp³-hybridized carbons (Fsp3) is 0.286. The monoisotopic (exact) mass is 396 g/mol. The number of anilines is 1. The van der Waals surface area contributed by atoms with Crippen LogP contribution >= 0.6 is 11.6 Å². The van der Waals surface area contributed by atoms with Crippen molar-refractivity contribution in [1.29, 1.82) is 0 Å². The van der Waals surface area contributed by atoms with E-state index in [2.05, 4.69) is 16.8 Å². The Morgan fingerprint density at radius 2 is 1.86 bits per heavy atom. The first-order valence-electron chi connectivity index (χ1n) is 9.26. The second kappa shape index (κ2) is 7.64. The summed E-state index contributed by atoms with van der Waals surface area (Å²) in [5.74, 6) is -0.0679. The summed E-state index contributed by atoms with van der Waals surface area (Å²) in [7, 11) is 0. The molecule has 0 saturated carbocycles. The molecule has 0 aliphatic carbocycles. The molecule has 28 heavy (non-hydrogen) atoms. The third-order valence-corrected chi connectivity index (χ3v) is 5.42. The molecule has 3 aromatic rings. The van der Waals surface area contributed by atoms with Crippen LogP contribution in [-0.2, 0) is 11.3 Å². The van der Waals surface area contributed by atoms with Gasteiger partial charge >= 0.3 is 0 Å². The second-order valence-corrected chi connectivity index (χ2v) is 7.43. The third kappa shape index (κ3) is 3.60. The average molecular weight is 397 g/mol. The minimum Gasteiger partial charge on any atom is -0.368 e. The molecule has 1 aromatic heterocycles. The maximum atomic E-state index is 12.7. The molecule has 0 unspecified atom stereocenters. The van der Waals surface area contributed by atoms with E-state index in [0.29, 0.717) is 29.0 Å². The van der Waals surface area contributed by atoms with Gasteiger partial charge in [-0.15, -0.1) is 0 Å². The van der Waals surface area contributed by atoms with E-state index in [9.17, 15) is 9.59 Å². The van der Waals surface area contributed by atoms with Gasteiger partial charge in [0.05, 0.1) is 17.2 Å². The zero-order chi connectivity index (χ0) is 19.7. The Labute approximate surface area is 168 Å². The summed E-state index contributed by atoms with van der Waals surface area (Å²) in [4.78, 5) is 33.6. The van der Waals surface area contributed by atoms with Crippen molar-refractivity contribution in [3.63, 3.8) is 0 Å². The van der Waals surface area contributed by atoms with Crippen molar-refractivity contribution in [3.05, 3.63) is 69.7 Å². The molecule has 1 amide bonds. The number of aromatic nitrogens is 2. The number of nitrogens with zero attached hydrogens (tertiary/aromatic N) is 4. The maximum Gasteiger partial charge on any atom is 0.261 e. The van der Waals surface area contributed by atoms with Crippen LogP contribution in [0.3, 0.4) is 0 Å². The average Bonchev–Trinajstić information content (AvgIpc) is 2.72. The van der Waals surface area contributed by atoms with E-state index in [0.717, 1.165) is 24.3 Å². The number of fused-ring (bicyclic) bond motifs is 1. The quantitative estimate of drug-likeness (QED) is 0.683. The van der Waals surface area contributed by atoms with Crippen molar-refractivity contribution in [2.24, 2.45) is 0 Å². The minimum atomic E-state index is -0.188. The molecule has 1 aliphatic heterocycles. The molecule has 0 atom stereocenters. The zero-order valence-electron chi connectivity index (χ0n) is 15.6. The van der Waals surface area contributed by atoms with E-state index in [4.69, 9.17) is 11.6 Å². The van der Waals surface area contributed by atoms with E-state index >= 15 is 0 Å². The van der Waals surface area contributed by atoms with Crippen LogP contribution in [0.2, 0.25) is 5.02 Å².